The fraction of sp³-hybridized carbons (Fsp3) is 0.556. The number of carbonyl (C=O) groups is 1. The Morgan fingerprint density at radius 2 is 1.82 bits per heavy atom. The van der Waals surface area contributed by atoms with E-state index in [0.717, 1.165) is 44.2 Å². The number of nitrogens with one attached hydrogen (secondary N) is 2. The van der Waals surface area contributed by atoms with E-state index in [1.807, 2.05) is 0 Å². The van der Waals surface area contributed by atoms with E-state index in [1.165, 1.54) is 5.92 Å². The van der Waals surface area contributed by atoms with Crippen molar-refractivity contribution in [2.24, 2.45) is 5.41 Å². The molecule has 1 heterocycles. The van der Waals surface area contributed by atoms with Crippen molar-refractivity contribution in [3.05, 3.63) is 41.9 Å². The number of hydrogen-bond acceptors (Lipinski definition) is 3. The van der Waals surface area contributed by atoms with Crippen molar-refractivity contribution < 1.29 is 9.90 Å². The van der Waals surface area contributed by atoms with Crippen molar-refractivity contribution in [3.8, 4) is 0 Å². The number of rotatable bonds is 1. The van der Waals surface area contributed by atoms with E-state index in [2.05, 4.69) is 50.1 Å². The second-order valence-electron chi connectivity index (χ2n) is 6.18. The Bertz CT molecular complexity index is 411. The highest BCUT2D eigenvalue weighted by Crippen LogP contribution is 2.38. The van der Waals surface area contributed by atoms with Gasteiger partial charge in [0.05, 0.1) is 0 Å². The molecule has 3 N–H and O–H groups in total. The van der Waals surface area contributed by atoms with Gasteiger partial charge in [-0.15, -0.1) is 0 Å². The molecule has 0 aromatic rings. The maximum absolute atomic E-state index is 11.1. The molecule has 1 amide bonds. The molecule has 0 bridgehead atoms. The topological polar surface area (TPSA) is 61.4 Å². The Hall–Kier alpha value is -1.39. The molecule has 4 nitrogen and oxygen atoms in total. The molecule has 1 aliphatic heterocycles. The molecule has 0 aromatic heterocycles. The lowest BCUT2D eigenvalue weighted by Crippen LogP contribution is -2.15. The summed E-state index contributed by atoms with van der Waals surface area (Å²) in [5.74, 6) is 1.45. The van der Waals surface area contributed by atoms with Crippen molar-refractivity contribution in [3.63, 3.8) is 0 Å². The minimum Gasteiger partial charge on any atom is -0.400 e. The molecular weight excluding hydrogens is 276 g/mol. The van der Waals surface area contributed by atoms with Gasteiger partial charge in [0.15, 0.2) is 0 Å². The highest BCUT2D eigenvalue weighted by atomic mass is 16.2. The van der Waals surface area contributed by atoms with Gasteiger partial charge < -0.3 is 15.7 Å². The van der Waals surface area contributed by atoms with Crippen LogP contribution in [0.5, 0.6) is 0 Å². The molecule has 22 heavy (non-hydrogen) atoms. The summed E-state index contributed by atoms with van der Waals surface area (Å²) < 4.78 is 0. The zero-order chi connectivity index (χ0) is 17.2. The summed E-state index contributed by atoms with van der Waals surface area (Å²) in [6, 6.07) is 0. The van der Waals surface area contributed by atoms with E-state index in [0.29, 0.717) is 5.41 Å². The van der Waals surface area contributed by atoms with Crippen molar-refractivity contribution in [1.82, 2.24) is 10.6 Å². The first-order valence-corrected chi connectivity index (χ1v) is 7.66. The molecule has 1 aliphatic carbocycles. The van der Waals surface area contributed by atoms with E-state index in [9.17, 15) is 4.79 Å². The van der Waals surface area contributed by atoms with Crippen LogP contribution < -0.4 is 10.6 Å². The maximum atomic E-state index is 11.1. The summed E-state index contributed by atoms with van der Waals surface area (Å²) in [5.41, 5.74) is 2.57. The molecule has 2 aliphatic rings. The maximum Gasteiger partial charge on any atom is 0.244 e. The van der Waals surface area contributed by atoms with Crippen LogP contribution in [0.25, 0.3) is 0 Å². The van der Waals surface area contributed by atoms with Crippen LogP contribution in [-0.2, 0) is 4.79 Å². The van der Waals surface area contributed by atoms with E-state index in [4.69, 9.17) is 5.11 Å². The number of hydrogen-bond donors (Lipinski definition) is 3. The molecule has 2 rings (SSSR count). The van der Waals surface area contributed by atoms with Crippen LogP contribution in [0, 0.1) is 11.3 Å². The monoisotopic (exact) mass is 307 g/mol. The predicted octanol–water partition coefficient (Wildman–Crippen LogP) is 2.38. The first kappa shape index (κ1) is 20.6. The van der Waals surface area contributed by atoms with Gasteiger partial charge in [0.25, 0.3) is 0 Å². The number of carbonyl (C=O) groups excluding carboxylic acids is 1. The molecule has 0 atom stereocenters. The number of likely N-dealkylation sites (N-methyl/N-ethyl adjacent to an activating group) is 1. The number of allylic oxidation sites excluding steroid dienone is 2. The second kappa shape index (κ2) is 10.4. The minimum atomic E-state index is -0.0435. The average Bonchev–Trinajstić information content (AvgIpc) is 3.31. The first-order chi connectivity index (χ1) is 10.3. The number of aliphatic hydroxyl groups excluding tert-OH is 1. The van der Waals surface area contributed by atoms with Gasteiger partial charge in [0.1, 0.15) is 0 Å². The van der Waals surface area contributed by atoms with Gasteiger partial charge in [-0.3, -0.25) is 4.79 Å². The Morgan fingerprint density at radius 3 is 2.23 bits per heavy atom. The molecule has 4 heteroatoms. The van der Waals surface area contributed by atoms with Gasteiger partial charge in [-0.05, 0) is 36.9 Å². The molecule has 0 spiro atoms. The number of aliphatic hydroxyl groups is 1. The zero-order valence-electron chi connectivity index (χ0n) is 14.6. The predicted molar refractivity (Wildman–Crippen MR) is 93.4 cm³/mol. The summed E-state index contributed by atoms with van der Waals surface area (Å²) in [6.07, 6.45) is 7.81. The molecule has 1 saturated heterocycles. The van der Waals surface area contributed by atoms with Crippen LogP contribution in [0.4, 0.5) is 0 Å². The van der Waals surface area contributed by atoms with Gasteiger partial charge in [-0.2, -0.15) is 0 Å². The summed E-state index contributed by atoms with van der Waals surface area (Å²) in [5, 5.41) is 12.8. The lowest BCUT2D eigenvalue weighted by atomic mass is 9.89. The van der Waals surface area contributed by atoms with Crippen LogP contribution in [0.15, 0.2) is 36.0 Å². The smallest absolute Gasteiger partial charge is 0.244 e. The molecule has 1 fully saturated rings. The average molecular weight is 307 g/mol. The molecule has 0 aromatic carbocycles. The zero-order valence-corrected chi connectivity index (χ0v) is 14.6. The summed E-state index contributed by atoms with van der Waals surface area (Å²) in [6.45, 7) is 12.5. The Labute approximate surface area is 135 Å². The van der Waals surface area contributed by atoms with Crippen molar-refractivity contribution in [2.45, 2.75) is 33.6 Å². The van der Waals surface area contributed by atoms with E-state index < -0.39 is 0 Å². The highest BCUT2D eigenvalue weighted by molar-refractivity contribution is 5.88. The van der Waals surface area contributed by atoms with Gasteiger partial charge in [-0.25, -0.2) is 0 Å². The standard InChI is InChI=1S/C10H16N2O.C7H11.CH4O/c1-8-3-5-12-6-4-9(8)7-10(13)11-2;1-7(2,3)6-4-5-6;1-2/h7,12H,1,3-6H2,2H3,(H,11,13);4-5H,1-3H3;2H,1H3/b9-7-;;. The van der Waals surface area contributed by atoms with Gasteiger partial charge in [0.2, 0.25) is 5.91 Å². The van der Waals surface area contributed by atoms with Gasteiger partial charge in [-0.1, -0.05) is 45.1 Å². The third-order valence-corrected chi connectivity index (χ3v) is 3.38. The lowest BCUT2D eigenvalue weighted by molar-refractivity contribution is -0.116. The van der Waals surface area contributed by atoms with Crippen LogP contribution in [0.3, 0.4) is 0 Å². The summed E-state index contributed by atoms with van der Waals surface area (Å²) in [7, 11) is 2.64. The lowest BCUT2D eigenvalue weighted by Gasteiger charge is -2.15. The SMILES string of the molecule is C=C1CCNCC/C1=C/C(=O)NC.CC(C)(C)[C]1C=C1.CO. The van der Waals surface area contributed by atoms with Crippen LogP contribution in [-0.4, -0.2) is 38.3 Å². The Kier molecular flexibility index (Phi) is 9.70. The third-order valence-electron chi connectivity index (χ3n) is 3.38. The molecule has 1 radical (unpaired) electrons. The number of amides is 1. The molecule has 0 unspecified atom stereocenters. The fourth-order valence-corrected chi connectivity index (χ4v) is 1.87. The van der Waals surface area contributed by atoms with Gasteiger partial charge in [0, 0.05) is 26.2 Å². The van der Waals surface area contributed by atoms with Crippen molar-refractivity contribution in [2.75, 3.05) is 27.2 Å². The van der Waals surface area contributed by atoms with E-state index in [1.54, 1.807) is 13.1 Å². The third kappa shape index (κ3) is 8.80. The molecule has 0 saturated carbocycles. The summed E-state index contributed by atoms with van der Waals surface area (Å²) >= 11 is 0. The van der Waals surface area contributed by atoms with Crippen molar-refractivity contribution >= 4 is 5.91 Å². The quantitative estimate of drug-likeness (QED) is 0.652. The van der Waals surface area contributed by atoms with Crippen LogP contribution in [0.1, 0.15) is 33.6 Å². The Balaban J connectivity index is 0.000000412. The largest absolute Gasteiger partial charge is 0.400 e. The molecule has 125 valence electrons. The fourth-order valence-electron chi connectivity index (χ4n) is 1.87. The van der Waals surface area contributed by atoms with Crippen molar-refractivity contribution in [1.29, 1.82) is 0 Å². The second-order valence-corrected chi connectivity index (χ2v) is 6.18. The highest BCUT2D eigenvalue weighted by Gasteiger charge is 2.26. The normalized spacial score (nSPS) is 19.4. The molecular formula is C18H31N2O2. The van der Waals surface area contributed by atoms with Gasteiger partial charge >= 0.3 is 0 Å². The Morgan fingerprint density at radius 1 is 1.27 bits per heavy atom. The van der Waals surface area contributed by atoms with E-state index >= 15 is 0 Å². The van der Waals surface area contributed by atoms with E-state index in [-0.39, 0.29) is 5.91 Å². The minimum absolute atomic E-state index is 0.0435. The van der Waals surface area contributed by atoms with Crippen LogP contribution in [0.2, 0.25) is 0 Å². The summed E-state index contributed by atoms with van der Waals surface area (Å²) in [4.78, 5) is 11.1. The van der Waals surface area contributed by atoms with Crippen LogP contribution >= 0.6 is 0 Å². The first-order valence-electron chi connectivity index (χ1n) is 7.66.